The molecule has 2 unspecified atom stereocenters. The summed E-state index contributed by atoms with van der Waals surface area (Å²) >= 11 is 0. The molecule has 2 aromatic carbocycles. The van der Waals surface area contributed by atoms with Crippen molar-refractivity contribution in [1.29, 1.82) is 0 Å². The van der Waals surface area contributed by atoms with Crippen molar-refractivity contribution in [1.82, 2.24) is 5.32 Å². The van der Waals surface area contributed by atoms with E-state index in [0.717, 1.165) is 37.2 Å². The lowest BCUT2D eigenvalue weighted by Crippen LogP contribution is -2.59. The molecule has 4 nitrogen and oxygen atoms in total. The zero-order valence-corrected chi connectivity index (χ0v) is 18.7. The number of benzene rings is 2. The molecule has 4 fully saturated rings. The summed E-state index contributed by atoms with van der Waals surface area (Å²) in [5.74, 6) is 3.41. The second-order valence-corrected chi connectivity index (χ2v) is 10.1. The first-order valence-electron chi connectivity index (χ1n) is 11.6. The molecule has 6 rings (SSSR count). The molecule has 0 spiro atoms. The molecule has 1 amide bonds. The first kappa shape index (κ1) is 20.4. The third kappa shape index (κ3) is 3.71. The van der Waals surface area contributed by atoms with Crippen molar-refractivity contribution in [2.24, 2.45) is 17.3 Å². The summed E-state index contributed by atoms with van der Waals surface area (Å²) in [6.45, 7) is 0.692. The van der Waals surface area contributed by atoms with Crippen LogP contribution in [0.3, 0.4) is 0 Å². The smallest absolute Gasteiger partial charge is 0.226 e. The summed E-state index contributed by atoms with van der Waals surface area (Å²) < 4.78 is 10.6. The van der Waals surface area contributed by atoms with E-state index in [0.29, 0.717) is 18.4 Å². The molecule has 4 heteroatoms. The normalized spacial score (nSPS) is 30.8. The summed E-state index contributed by atoms with van der Waals surface area (Å²) in [6.07, 6.45) is 7.74. The van der Waals surface area contributed by atoms with Gasteiger partial charge in [-0.25, -0.2) is 0 Å². The molecule has 0 aliphatic heterocycles. The van der Waals surface area contributed by atoms with Crippen LogP contribution in [0, 0.1) is 17.3 Å². The Kier molecular flexibility index (Phi) is 5.19. The predicted octanol–water partition coefficient (Wildman–Crippen LogP) is 4.90. The molecule has 0 heterocycles. The summed E-state index contributed by atoms with van der Waals surface area (Å²) in [7, 11) is 3.39. The van der Waals surface area contributed by atoms with Crippen molar-refractivity contribution in [3.63, 3.8) is 0 Å². The molecular weight excluding hydrogens is 386 g/mol. The second-order valence-electron chi connectivity index (χ2n) is 10.1. The van der Waals surface area contributed by atoms with E-state index in [2.05, 4.69) is 41.7 Å². The van der Waals surface area contributed by atoms with E-state index < -0.39 is 0 Å². The van der Waals surface area contributed by atoms with Crippen LogP contribution in [-0.2, 0) is 16.6 Å². The van der Waals surface area contributed by atoms with Crippen LogP contribution in [0.15, 0.2) is 48.5 Å². The Morgan fingerprint density at radius 3 is 2.06 bits per heavy atom. The van der Waals surface area contributed by atoms with Gasteiger partial charge >= 0.3 is 0 Å². The van der Waals surface area contributed by atoms with Gasteiger partial charge in [0.15, 0.2) is 0 Å². The largest absolute Gasteiger partial charge is 0.497 e. The van der Waals surface area contributed by atoms with Gasteiger partial charge in [-0.1, -0.05) is 24.3 Å². The van der Waals surface area contributed by atoms with E-state index in [1.165, 1.54) is 30.4 Å². The van der Waals surface area contributed by atoms with Crippen LogP contribution < -0.4 is 14.8 Å². The van der Waals surface area contributed by atoms with E-state index in [1.807, 2.05) is 12.1 Å². The van der Waals surface area contributed by atoms with Crippen LogP contribution in [0.5, 0.6) is 11.5 Å². The highest BCUT2D eigenvalue weighted by atomic mass is 16.5. The number of ether oxygens (including phenoxy) is 2. The van der Waals surface area contributed by atoms with Crippen molar-refractivity contribution in [3.8, 4) is 11.5 Å². The monoisotopic (exact) mass is 419 g/mol. The fourth-order valence-electron chi connectivity index (χ4n) is 7.11. The predicted molar refractivity (Wildman–Crippen MR) is 121 cm³/mol. The van der Waals surface area contributed by atoms with Crippen molar-refractivity contribution in [2.45, 2.75) is 50.4 Å². The summed E-state index contributed by atoms with van der Waals surface area (Å²) in [5.41, 5.74) is 2.59. The van der Waals surface area contributed by atoms with Crippen LogP contribution in [0.1, 0.15) is 49.7 Å². The lowest BCUT2D eigenvalue weighted by molar-refractivity contribution is -0.149. The van der Waals surface area contributed by atoms with E-state index in [9.17, 15) is 4.79 Å². The van der Waals surface area contributed by atoms with Crippen LogP contribution in [0.2, 0.25) is 0 Å². The fraction of sp³-hybridized carbons (Fsp3) is 0.519. The minimum absolute atomic E-state index is 0.156. The Morgan fingerprint density at radius 1 is 0.903 bits per heavy atom. The van der Waals surface area contributed by atoms with Gasteiger partial charge in [-0.15, -0.1) is 0 Å². The third-order valence-electron chi connectivity index (χ3n) is 8.10. The molecule has 31 heavy (non-hydrogen) atoms. The molecule has 0 radical (unpaired) electrons. The van der Waals surface area contributed by atoms with Gasteiger partial charge in [-0.2, -0.15) is 0 Å². The Morgan fingerprint density at radius 2 is 1.48 bits per heavy atom. The first-order chi connectivity index (χ1) is 15.0. The SMILES string of the molecule is COc1ccc(CCNC(=O)C23CC4CC(C2)CC(c2ccc(OC)cc2)(C4)C3)cc1. The van der Waals surface area contributed by atoms with E-state index >= 15 is 0 Å². The topological polar surface area (TPSA) is 47.6 Å². The number of amides is 1. The van der Waals surface area contributed by atoms with Crippen molar-refractivity contribution >= 4 is 5.91 Å². The van der Waals surface area contributed by atoms with E-state index in [1.54, 1.807) is 14.2 Å². The van der Waals surface area contributed by atoms with Crippen LogP contribution in [-0.4, -0.2) is 26.7 Å². The van der Waals surface area contributed by atoms with Gasteiger partial charge in [0.05, 0.1) is 19.6 Å². The van der Waals surface area contributed by atoms with Gasteiger partial charge in [0, 0.05) is 6.54 Å². The third-order valence-corrected chi connectivity index (χ3v) is 8.10. The van der Waals surface area contributed by atoms with Crippen LogP contribution in [0.25, 0.3) is 0 Å². The summed E-state index contributed by atoms with van der Waals surface area (Å²) in [6, 6.07) is 16.8. The minimum Gasteiger partial charge on any atom is -0.497 e. The molecule has 0 aromatic heterocycles. The maximum atomic E-state index is 13.5. The minimum atomic E-state index is -0.191. The van der Waals surface area contributed by atoms with E-state index in [4.69, 9.17) is 9.47 Å². The summed E-state index contributed by atoms with van der Waals surface area (Å²) in [5, 5.41) is 3.31. The Hall–Kier alpha value is -2.49. The average Bonchev–Trinajstić information content (AvgIpc) is 2.78. The number of hydrogen-bond donors (Lipinski definition) is 1. The molecule has 4 aliphatic rings. The van der Waals surface area contributed by atoms with Crippen molar-refractivity contribution in [2.75, 3.05) is 20.8 Å². The molecule has 1 N–H and O–H groups in total. The average molecular weight is 420 g/mol. The molecule has 2 aromatic rings. The number of methoxy groups -OCH3 is 2. The van der Waals surface area contributed by atoms with Gasteiger partial charge < -0.3 is 14.8 Å². The molecule has 4 bridgehead atoms. The molecule has 164 valence electrons. The second kappa shape index (κ2) is 7.89. The van der Waals surface area contributed by atoms with E-state index in [-0.39, 0.29) is 16.7 Å². The number of carbonyl (C=O) groups excluding carboxylic acids is 1. The lowest BCUT2D eigenvalue weighted by atomic mass is 9.42. The maximum Gasteiger partial charge on any atom is 0.226 e. The van der Waals surface area contributed by atoms with Gasteiger partial charge in [0.2, 0.25) is 5.91 Å². The number of rotatable bonds is 7. The molecule has 2 atom stereocenters. The van der Waals surface area contributed by atoms with Gasteiger partial charge in [-0.3, -0.25) is 4.79 Å². The molecule has 4 saturated carbocycles. The fourth-order valence-corrected chi connectivity index (χ4v) is 7.11. The quantitative estimate of drug-likeness (QED) is 0.694. The maximum absolute atomic E-state index is 13.5. The van der Waals surface area contributed by atoms with Crippen LogP contribution >= 0.6 is 0 Å². The number of carbonyl (C=O) groups is 1. The molecular formula is C27H33NO3. The van der Waals surface area contributed by atoms with Crippen LogP contribution in [0.4, 0.5) is 0 Å². The van der Waals surface area contributed by atoms with Crippen molar-refractivity contribution in [3.05, 3.63) is 59.7 Å². The van der Waals surface area contributed by atoms with Gasteiger partial charge in [-0.05, 0) is 97.6 Å². The number of nitrogens with one attached hydrogen (secondary N) is 1. The zero-order valence-electron chi connectivity index (χ0n) is 18.7. The standard InChI is InChI=1S/C27H33NO3/c1-30-23-7-3-19(4-8-23)11-12-28-25(29)27-16-20-13-21(17-27)15-26(14-20,18-27)22-5-9-24(31-2)10-6-22/h3-10,20-21H,11-18H2,1-2H3,(H,28,29). The van der Waals surface area contributed by atoms with Crippen molar-refractivity contribution < 1.29 is 14.3 Å². The molecule has 4 aliphatic carbocycles. The number of hydrogen-bond acceptors (Lipinski definition) is 3. The Labute approximate surface area is 185 Å². The Balaban J connectivity index is 1.29. The summed E-state index contributed by atoms with van der Waals surface area (Å²) in [4.78, 5) is 13.5. The lowest BCUT2D eigenvalue weighted by Gasteiger charge is -2.61. The van der Waals surface area contributed by atoms with Gasteiger partial charge in [0.1, 0.15) is 11.5 Å². The highest BCUT2D eigenvalue weighted by Crippen LogP contribution is 2.65. The zero-order chi connectivity index (χ0) is 21.5. The Bertz CT molecular complexity index is 920. The first-order valence-corrected chi connectivity index (χ1v) is 11.6. The van der Waals surface area contributed by atoms with Gasteiger partial charge in [0.25, 0.3) is 0 Å². The highest BCUT2D eigenvalue weighted by molar-refractivity contribution is 5.83. The highest BCUT2D eigenvalue weighted by Gasteiger charge is 2.60. The molecule has 0 saturated heterocycles.